The normalized spacial score (nSPS) is 24.8. The molecular weight excluding hydrogens is 381 g/mol. The summed E-state index contributed by atoms with van der Waals surface area (Å²) in [7, 11) is 0. The van der Waals surface area contributed by atoms with Crippen molar-refractivity contribution in [3.8, 4) is 5.75 Å². The van der Waals surface area contributed by atoms with Gasteiger partial charge in [-0.1, -0.05) is 17.7 Å². The van der Waals surface area contributed by atoms with Crippen molar-refractivity contribution in [2.24, 2.45) is 10.8 Å². The molecule has 1 aromatic heterocycles. The number of nitrogens with zero attached hydrogens (tertiary/aromatic N) is 1. The van der Waals surface area contributed by atoms with Gasteiger partial charge in [0, 0.05) is 36.2 Å². The number of carbonyl (C=O) groups excluding carboxylic acids is 2. The van der Waals surface area contributed by atoms with Crippen LogP contribution in [0.25, 0.3) is 0 Å². The van der Waals surface area contributed by atoms with Crippen molar-refractivity contribution in [2.75, 3.05) is 6.61 Å². The monoisotopic (exact) mass is 401 g/mol. The van der Waals surface area contributed by atoms with E-state index in [1.807, 2.05) is 18.2 Å². The average Bonchev–Trinajstić information content (AvgIpc) is 2.63. The largest absolute Gasteiger partial charge is 0.486 e. The summed E-state index contributed by atoms with van der Waals surface area (Å²) in [6.45, 7) is -0.0938. The molecule has 0 radical (unpaired) electrons. The number of rotatable bonds is 9. The first-order chi connectivity index (χ1) is 13.4. The molecular formula is C22H21ClFNO3. The highest BCUT2D eigenvalue weighted by Gasteiger charge is 2.70. The van der Waals surface area contributed by atoms with Gasteiger partial charge in [0.2, 0.25) is 0 Å². The summed E-state index contributed by atoms with van der Waals surface area (Å²) in [5.41, 5.74) is 0.685. The average molecular weight is 402 g/mol. The van der Waals surface area contributed by atoms with E-state index in [4.69, 9.17) is 16.3 Å². The summed E-state index contributed by atoms with van der Waals surface area (Å²) in [5, 5.41) is 0.0190. The number of aryl methyl sites for hydroxylation is 1. The number of ether oxygens (including phenoxy) is 1. The van der Waals surface area contributed by atoms with Gasteiger partial charge in [0.25, 0.3) is 0 Å². The fourth-order valence-electron chi connectivity index (χ4n) is 4.73. The quantitative estimate of drug-likeness (QED) is 0.617. The van der Waals surface area contributed by atoms with E-state index < -0.39 is 5.82 Å². The molecule has 1 heterocycles. The summed E-state index contributed by atoms with van der Waals surface area (Å²) < 4.78 is 18.8. The highest BCUT2D eigenvalue weighted by molar-refractivity contribution is 6.30. The molecule has 3 aliphatic rings. The molecule has 0 unspecified atom stereocenters. The van der Waals surface area contributed by atoms with Gasteiger partial charge in [0.05, 0.1) is 5.02 Å². The summed E-state index contributed by atoms with van der Waals surface area (Å²) >= 11 is 5.63. The van der Waals surface area contributed by atoms with Crippen LogP contribution >= 0.6 is 11.6 Å². The van der Waals surface area contributed by atoms with Crippen LogP contribution in [-0.4, -0.2) is 23.2 Å². The second kappa shape index (κ2) is 7.28. The molecule has 0 amide bonds. The van der Waals surface area contributed by atoms with E-state index in [0.717, 1.165) is 25.0 Å². The van der Waals surface area contributed by atoms with Gasteiger partial charge in [-0.3, -0.25) is 14.6 Å². The molecule has 6 heteroatoms. The Bertz CT molecular complexity index is 895. The van der Waals surface area contributed by atoms with E-state index >= 15 is 0 Å². The van der Waals surface area contributed by atoms with E-state index in [2.05, 4.69) is 4.98 Å². The van der Waals surface area contributed by atoms with Crippen molar-refractivity contribution >= 4 is 23.2 Å². The lowest BCUT2D eigenvalue weighted by Crippen LogP contribution is -2.66. The van der Waals surface area contributed by atoms with Gasteiger partial charge in [-0.2, -0.15) is 0 Å². The SMILES string of the molecule is O=C(COc1ccc(Cl)c(F)c1)CC12CC(C(=O)CCc3ccccn3)(C1)C2. The zero-order valence-corrected chi connectivity index (χ0v) is 16.2. The zero-order valence-electron chi connectivity index (χ0n) is 15.4. The van der Waals surface area contributed by atoms with Crippen molar-refractivity contribution in [1.82, 2.24) is 4.98 Å². The Morgan fingerprint density at radius 3 is 2.64 bits per heavy atom. The number of halogens is 2. The summed E-state index contributed by atoms with van der Waals surface area (Å²) in [6, 6.07) is 9.83. The Labute approximate surface area is 168 Å². The third-order valence-electron chi connectivity index (χ3n) is 5.93. The van der Waals surface area contributed by atoms with Crippen LogP contribution in [0, 0.1) is 16.6 Å². The van der Waals surface area contributed by atoms with Crippen LogP contribution < -0.4 is 4.74 Å². The number of Topliss-reactive ketones (excluding diaryl/α,β-unsaturated/α-hetero) is 2. The fraction of sp³-hybridized carbons (Fsp3) is 0.409. The molecule has 0 aliphatic heterocycles. The predicted octanol–water partition coefficient (Wildman–Crippen LogP) is 4.58. The third kappa shape index (κ3) is 3.68. The molecule has 3 fully saturated rings. The van der Waals surface area contributed by atoms with Crippen LogP contribution in [0.5, 0.6) is 5.75 Å². The lowest BCUT2D eigenvalue weighted by atomic mass is 9.33. The minimum atomic E-state index is -0.572. The van der Waals surface area contributed by atoms with E-state index in [1.165, 1.54) is 18.2 Å². The first-order valence-corrected chi connectivity index (χ1v) is 9.80. The third-order valence-corrected chi connectivity index (χ3v) is 6.24. The van der Waals surface area contributed by atoms with Gasteiger partial charge >= 0.3 is 0 Å². The van der Waals surface area contributed by atoms with Crippen molar-refractivity contribution < 1.29 is 18.7 Å². The van der Waals surface area contributed by atoms with E-state index in [-0.39, 0.29) is 34.0 Å². The second-order valence-corrected chi connectivity index (χ2v) is 8.54. The molecule has 0 saturated heterocycles. The number of ketones is 2. The van der Waals surface area contributed by atoms with Crippen molar-refractivity contribution in [3.05, 3.63) is 59.1 Å². The minimum Gasteiger partial charge on any atom is -0.486 e. The van der Waals surface area contributed by atoms with Gasteiger partial charge < -0.3 is 4.74 Å². The first kappa shape index (κ1) is 19.1. The van der Waals surface area contributed by atoms with Crippen molar-refractivity contribution in [3.63, 3.8) is 0 Å². The van der Waals surface area contributed by atoms with Gasteiger partial charge in [0.15, 0.2) is 5.78 Å². The maximum atomic E-state index is 13.4. The number of carbonyl (C=O) groups is 2. The van der Waals surface area contributed by atoms with Crippen molar-refractivity contribution in [2.45, 2.75) is 38.5 Å². The smallest absolute Gasteiger partial charge is 0.170 e. The predicted molar refractivity (Wildman–Crippen MR) is 103 cm³/mol. The molecule has 0 atom stereocenters. The highest BCUT2D eigenvalue weighted by atomic mass is 35.5. The minimum absolute atomic E-state index is 0.0190. The molecule has 1 aromatic carbocycles. The van der Waals surface area contributed by atoms with Crippen LogP contribution in [0.15, 0.2) is 42.6 Å². The number of aromatic nitrogens is 1. The van der Waals surface area contributed by atoms with Crippen LogP contribution in [0.3, 0.4) is 0 Å². The molecule has 3 saturated carbocycles. The molecule has 4 nitrogen and oxygen atoms in total. The number of hydrogen-bond donors (Lipinski definition) is 0. The summed E-state index contributed by atoms with van der Waals surface area (Å²) in [6.07, 6.45) is 5.71. The van der Waals surface area contributed by atoms with Crippen LogP contribution in [0.4, 0.5) is 4.39 Å². The van der Waals surface area contributed by atoms with Gasteiger partial charge in [-0.05, 0) is 55.4 Å². The molecule has 28 heavy (non-hydrogen) atoms. The highest BCUT2D eigenvalue weighted by Crippen LogP contribution is 2.75. The van der Waals surface area contributed by atoms with Crippen LogP contribution in [0.1, 0.15) is 37.8 Å². The molecule has 146 valence electrons. The Balaban J connectivity index is 1.21. The van der Waals surface area contributed by atoms with E-state index in [1.54, 1.807) is 6.20 Å². The molecule has 0 spiro atoms. The fourth-order valence-corrected chi connectivity index (χ4v) is 4.85. The second-order valence-electron chi connectivity index (χ2n) is 8.13. The topological polar surface area (TPSA) is 56.3 Å². The summed E-state index contributed by atoms with van der Waals surface area (Å²) in [4.78, 5) is 29.1. The molecule has 3 aliphatic carbocycles. The number of benzene rings is 1. The Kier molecular flexibility index (Phi) is 4.96. The Morgan fingerprint density at radius 1 is 1.18 bits per heavy atom. The van der Waals surface area contributed by atoms with E-state index in [9.17, 15) is 14.0 Å². The van der Waals surface area contributed by atoms with Gasteiger partial charge in [0.1, 0.15) is 24.0 Å². The standard InChI is InChI=1S/C22H21ClFNO3/c23-18-6-5-17(9-19(18)24)28-11-16(26)10-21-12-22(13-21,14-21)20(27)7-4-15-3-1-2-8-25-15/h1-3,5-6,8-9H,4,7,10-14H2. The number of pyridine rings is 1. The maximum Gasteiger partial charge on any atom is 0.170 e. The lowest BCUT2D eigenvalue weighted by Gasteiger charge is -2.70. The Hall–Kier alpha value is -2.27. The first-order valence-electron chi connectivity index (χ1n) is 9.43. The molecule has 2 aromatic rings. The zero-order chi connectivity index (χ0) is 19.8. The van der Waals surface area contributed by atoms with E-state index in [0.29, 0.717) is 25.0 Å². The number of hydrogen-bond acceptors (Lipinski definition) is 4. The maximum absolute atomic E-state index is 13.4. The van der Waals surface area contributed by atoms with Gasteiger partial charge in [-0.15, -0.1) is 0 Å². The molecule has 2 bridgehead atoms. The van der Waals surface area contributed by atoms with Crippen LogP contribution in [-0.2, 0) is 16.0 Å². The molecule has 5 rings (SSSR count). The summed E-state index contributed by atoms with van der Waals surface area (Å²) in [5.74, 6) is -0.0174. The van der Waals surface area contributed by atoms with Crippen molar-refractivity contribution in [1.29, 1.82) is 0 Å². The van der Waals surface area contributed by atoms with Crippen LogP contribution in [0.2, 0.25) is 5.02 Å². The molecule has 0 N–H and O–H groups in total. The lowest BCUT2D eigenvalue weighted by molar-refractivity contribution is -0.208. The van der Waals surface area contributed by atoms with Gasteiger partial charge in [-0.25, -0.2) is 4.39 Å². The Morgan fingerprint density at radius 2 is 1.96 bits per heavy atom.